The second-order valence-corrected chi connectivity index (χ2v) is 8.79. The quantitative estimate of drug-likeness (QED) is 0.376. The number of aromatic amines is 1. The van der Waals surface area contributed by atoms with Crippen molar-refractivity contribution >= 4 is 22.7 Å². The molecule has 0 unspecified atom stereocenters. The number of pyridine rings is 1. The minimum atomic E-state index is 0.0433. The van der Waals surface area contributed by atoms with Gasteiger partial charge in [0.25, 0.3) is 0 Å². The van der Waals surface area contributed by atoms with Crippen molar-refractivity contribution in [1.29, 1.82) is 0 Å². The minimum absolute atomic E-state index is 0.0433. The Morgan fingerprint density at radius 3 is 2.69 bits per heavy atom. The summed E-state index contributed by atoms with van der Waals surface area (Å²) < 4.78 is 8.10. The third kappa shape index (κ3) is 4.58. The van der Waals surface area contributed by atoms with Crippen molar-refractivity contribution in [2.24, 2.45) is 0 Å². The maximum absolute atomic E-state index is 12.6. The maximum Gasteiger partial charge on any atom is 0.191 e. The number of rotatable bonds is 8. The van der Waals surface area contributed by atoms with Gasteiger partial charge in [-0.1, -0.05) is 43.0 Å². The number of thioether (sulfide) groups is 1. The first-order valence-electron chi connectivity index (χ1n) is 10.9. The summed E-state index contributed by atoms with van der Waals surface area (Å²) in [5.74, 6) is 2.28. The molecule has 0 amide bonds. The van der Waals surface area contributed by atoms with Gasteiger partial charge in [-0.3, -0.25) is 4.79 Å². The molecule has 0 radical (unpaired) electrons. The highest BCUT2D eigenvalue weighted by Gasteiger charge is 2.14. The molecule has 0 saturated carbocycles. The predicted molar refractivity (Wildman–Crippen MR) is 129 cm³/mol. The highest BCUT2D eigenvalue weighted by molar-refractivity contribution is 7.98. The zero-order valence-electron chi connectivity index (χ0n) is 18.9. The SMILES string of the molecule is CCc1ccccc1OCc1nnc(SCc2cc(=O)c3cc(C)cc(C)c3[nH]2)n1CC. The number of hydrogen-bond acceptors (Lipinski definition) is 5. The molecule has 0 atom stereocenters. The van der Waals surface area contributed by atoms with Crippen LogP contribution in [0.2, 0.25) is 0 Å². The van der Waals surface area contributed by atoms with E-state index in [-0.39, 0.29) is 5.43 Å². The first-order chi connectivity index (χ1) is 15.5. The Kier molecular flexibility index (Phi) is 6.65. The zero-order chi connectivity index (χ0) is 22.7. The minimum Gasteiger partial charge on any atom is -0.485 e. The summed E-state index contributed by atoms with van der Waals surface area (Å²) in [7, 11) is 0. The van der Waals surface area contributed by atoms with E-state index in [0.717, 1.165) is 57.4 Å². The molecule has 4 rings (SSSR count). The van der Waals surface area contributed by atoms with Gasteiger partial charge in [-0.2, -0.15) is 0 Å². The molecule has 2 aromatic carbocycles. The molecule has 0 saturated heterocycles. The van der Waals surface area contributed by atoms with Crippen molar-refractivity contribution in [3.63, 3.8) is 0 Å². The number of ether oxygens (including phenoxy) is 1. The van der Waals surface area contributed by atoms with Gasteiger partial charge >= 0.3 is 0 Å². The zero-order valence-corrected chi connectivity index (χ0v) is 19.8. The molecule has 2 heterocycles. The van der Waals surface area contributed by atoms with Crippen molar-refractivity contribution in [3.05, 3.63) is 80.9 Å². The normalized spacial score (nSPS) is 11.2. The number of benzene rings is 2. The number of fused-ring (bicyclic) bond motifs is 1. The summed E-state index contributed by atoms with van der Waals surface area (Å²) in [6.07, 6.45) is 0.917. The van der Waals surface area contributed by atoms with Crippen LogP contribution in [0.25, 0.3) is 10.9 Å². The number of H-pyrrole nitrogens is 1. The van der Waals surface area contributed by atoms with Gasteiger partial charge in [0, 0.05) is 29.4 Å². The van der Waals surface area contributed by atoms with E-state index in [4.69, 9.17) is 4.74 Å². The molecule has 2 aromatic heterocycles. The van der Waals surface area contributed by atoms with Crippen LogP contribution < -0.4 is 10.2 Å². The summed E-state index contributed by atoms with van der Waals surface area (Å²) in [5, 5.41) is 10.3. The fourth-order valence-electron chi connectivity index (χ4n) is 3.91. The summed E-state index contributed by atoms with van der Waals surface area (Å²) in [6.45, 7) is 9.33. The smallest absolute Gasteiger partial charge is 0.191 e. The van der Waals surface area contributed by atoms with Crippen LogP contribution in [0.3, 0.4) is 0 Å². The van der Waals surface area contributed by atoms with Crippen molar-refractivity contribution < 1.29 is 4.74 Å². The molecule has 7 heteroatoms. The highest BCUT2D eigenvalue weighted by Crippen LogP contribution is 2.24. The number of hydrogen-bond donors (Lipinski definition) is 1. The van der Waals surface area contributed by atoms with Crippen molar-refractivity contribution in [3.8, 4) is 5.75 Å². The van der Waals surface area contributed by atoms with Crippen molar-refractivity contribution in [1.82, 2.24) is 19.7 Å². The molecule has 0 aliphatic rings. The second kappa shape index (κ2) is 9.61. The van der Waals surface area contributed by atoms with Gasteiger partial charge in [-0.05, 0) is 56.0 Å². The number of aryl methyl sites for hydroxylation is 3. The van der Waals surface area contributed by atoms with E-state index in [1.807, 2.05) is 38.1 Å². The lowest BCUT2D eigenvalue weighted by atomic mass is 10.1. The Morgan fingerprint density at radius 2 is 1.91 bits per heavy atom. The fraction of sp³-hybridized carbons (Fsp3) is 0.320. The molecule has 0 spiro atoms. The van der Waals surface area contributed by atoms with Gasteiger partial charge in [-0.25, -0.2) is 0 Å². The third-order valence-electron chi connectivity index (χ3n) is 5.51. The van der Waals surface area contributed by atoms with Crippen LogP contribution in [0.15, 0.2) is 52.4 Å². The van der Waals surface area contributed by atoms with Crippen LogP contribution in [0.4, 0.5) is 0 Å². The third-order valence-corrected chi connectivity index (χ3v) is 6.53. The van der Waals surface area contributed by atoms with Gasteiger partial charge in [0.2, 0.25) is 0 Å². The standard InChI is InChI=1S/C25H28N4O2S/c1-5-18-9-7-8-10-22(18)31-14-23-27-28-25(29(23)6-2)32-15-19-13-21(30)20-12-16(3)11-17(4)24(20)26-19/h7-13H,5-6,14-15H2,1-4H3,(H,26,30). The average Bonchev–Trinajstić information content (AvgIpc) is 3.19. The Morgan fingerprint density at radius 1 is 1.09 bits per heavy atom. The molecular weight excluding hydrogens is 420 g/mol. The van der Waals surface area contributed by atoms with E-state index in [2.05, 4.69) is 45.7 Å². The monoisotopic (exact) mass is 448 g/mol. The summed E-state index contributed by atoms with van der Waals surface area (Å²) in [6, 6.07) is 13.8. The van der Waals surface area contributed by atoms with E-state index in [0.29, 0.717) is 12.4 Å². The van der Waals surface area contributed by atoms with E-state index < -0.39 is 0 Å². The van der Waals surface area contributed by atoms with Crippen LogP contribution in [0.1, 0.15) is 42.1 Å². The van der Waals surface area contributed by atoms with E-state index in [1.54, 1.807) is 17.8 Å². The molecule has 0 aliphatic carbocycles. The lowest BCUT2D eigenvalue weighted by molar-refractivity contribution is 0.285. The Bertz CT molecular complexity index is 1310. The Balaban J connectivity index is 1.51. The van der Waals surface area contributed by atoms with E-state index in [9.17, 15) is 4.79 Å². The highest BCUT2D eigenvalue weighted by atomic mass is 32.2. The molecule has 0 aliphatic heterocycles. The molecule has 166 valence electrons. The fourth-order valence-corrected chi connectivity index (χ4v) is 4.84. The number of aromatic nitrogens is 4. The van der Waals surface area contributed by atoms with Crippen LogP contribution in [-0.4, -0.2) is 19.7 Å². The van der Waals surface area contributed by atoms with Crippen molar-refractivity contribution in [2.45, 2.75) is 58.2 Å². The number of para-hydroxylation sites is 1. The van der Waals surface area contributed by atoms with Crippen LogP contribution in [0, 0.1) is 13.8 Å². The molecule has 0 fully saturated rings. The number of nitrogens with zero attached hydrogens (tertiary/aromatic N) is 3. The van der Waals surface area contributed by atoms with E-state index >= 15 is 0 Å². The lowest BCUT2D eigenvalue weighted by Crippen LogP contribution is -2.08. The largest absolute Gasteiger partial charge is 0.485 e. The molecular formula is C25H28N4O2S. The average molecular weight is 449 g/mol. The Hall–Kier alpha value is -3.06. The van der Waals surface area contributed by atoms with Crippen LogP contribution in [-0.2, 0) is 25.3 Å². The number of nitrogens with one attached hydrogen (secondary N) is 1. The summed E-state index contributed by atoms with van der Waals surface area (Å²) >= 11 is 1.56. The van der Waals surface area contributed by atoms with Crippen molar-refractivity contribution in [2.75, 3.05) is 0 Å². The topological polar surface area (TPSA) is 72.8 Å². The lowest BCUT2D eigenvalue weighted by Gasteiger charge is -2.11. The molecule has 0 bridgehead atoms. The van der Waals surface area contributed by atoms with Gasteiger partial charge in [-0.15, -0.1) is 10.2 Å². The van der Waals surface area contributed by atoms with Gasteiger partial charge in [0.15, 0.2) is 16.4 Å². The van der Waals surface area contributed by atoms with Crippen LogP contribution >= 0.6 is 11.8 Å². The van der Waals surface area contributed by atoms with Gasteiger partial charge in [0.1, 0.15) is 12.4 Å². The first kappa shape index (κ1) is 22.1. The molecule has 1 N–H and O–H groups in total. The summed E-state index contributed by atoms with van der Waals surface area (Å²) in [5.41, 5.74) is 5.17. The predicted octanol–water partition coefficient (Wildman–Crippen LogP) is 5.19. The first-order valence-corrected chi connectivity index (χ1v) is 11.9. The second-order valence-electron chi connectivity index (χ2n) is 7.84. The van der Waals surface area contributed by atoms with Crippen LogP contribution in [0.5, 0.6) is 5.75 Å². The molecule has 32 heavy (non-hydrogen) atoms. The van der Waals surface area contributed by atoms with Gasteiger partial charge < -0.3 is 14.3 Å². The summed E-state index contributed by atoms with van der Waals surface area (Å²) in [4.78, 5) is 16.1. The molecule has 4 aromatic rings. The van der Waals surface area contributed by atoms with E-state index in [1.165, 1.54) is 5.56 Å². The Labute approximate surface area is 192 Å². The van der Waals surface area contributed by atoms with Gasteiger partial charge in [0.05, 0.1) is 5.52 Å². The molecule has 6 nitrogen and oxygen atoms in total. The maximum atomic E-state index is 12.6.